The van der Waals surface area contributed by atoms with Crippen molar-refractivity contribution in [1.82, 2.24) is 10.3 Å². The number of benzene rings is 1. The van der Waals surface area contributed by atoms with Gasteiger partial charge in [-0.3, -0.25) is 4.98 Å². The summed E-state index contributed by atoms with van der Waals surface area (Å²) in [5.74, 6) is 1.71. The average Bonchev–Trinajstić information content (AvgIpc) is 3.12. The maximum atomic E-state index is 5.57. The van der Waals surface area contributed by atoms with Crippen molar-refractivity contribution in [2.75, 3.05) is 24.8 Å². The number of nitrogens with one attached hydrogen (secondary N) is 1. The van der Waals surface area contributed by atoms with Crippen LogP contribution < -0.4 is 19.7 Å². The Morgan fingerprint density at radius 3 is 2.79 bits per heavy atom. The van der Waals surface area contributed by atoms with Crippen LogP contribution in [0, 0.1) is 0 Å². The fourth-order valence-electron chi connectivity index (χ4n) is 3.45. The summed E-state index contributed by atoms with van der Waals surface area (Å²) in [4.78, 5) is 6.79. The minimum absolute atomic E-state index is 0.315. The van der Waals surface area contributed by atoms with Gasteiger partial charge in [0.2, 0.25) is 6.79 Å². The second-order valence-corrected chi connectivity index (χ2v) is 6.31. The summed E-state index contributed by atoms with van der Waals surface area (Å²) in [6, 6.07) is 8.16. The molecule has 0 radical (unpaired) electrons. The van der Waals surface area contributed by atoms with Crippen molar-refractivity contribution < 1.29 is 9.47 Å². The summed E-state index contributed by atoms with van der Waals surface area (Å²) in [5, 5.41) is 3.54. The highest BCUT2D eigenvalue weighted by molar-refractivity contribution is 5.52. The van der Waals surface area contributed by atoms with Gasteiger partial charge < -0.3 is 19.7 Å². The van der Waals surface area contributed by atoms with Gasteiger partial charge in [0.25, 0.3) is 0 Å². The molecule has 1 aromatic carbocycles. The van der Waals surface area contributed by atoms with Gasteiger partial charge in [-0.25, -0.2) is 0 Å². The zero-order valence-corrected chi connectivity index (χ0v) is 13.8. The molecule has 24 heavy (non-hydrogen) atoms. The van der Waals surface area contributed by atoms with E-state index in [0.29, 0.717) is 6.79 Å². The first kappa shape index (κ1) is 15.3. The maximum Gasteiger partial charge on any atom is 0.231 e. The Morgan fingerprint density at radius 1 is 1.00 bits per heavy atom. The van der Waals surface area contributed by atoms with E-state index in [1.165, 1.54) is 30.5 Å². The van der Waals surface area contributed by atoms with Gasteiger partial charge in [0.15, 0.2) is 11.5 Å². The van der Waals surface area contributed by atoms with Crippen molar-refractivity contribution in [2.45, 2.75) is 32.4 Å². The molecule has 0 aliphatic carbocycles. The lowest BCUT2D eigenvalue weighted by atomic mass is 10.1. The molecule has 0 bridgehead atoms. The van der Waals surface area contributed by atoms with E-state index in [0.717, 1.165) is 43.2 Å². The Balaban J connectivity index is 1.42. The number of pyridine rings is 1. The number of piperidine rings is 1. The summed E-state index contributed by atoms with van der Waals surface area (Å²) in [7, 11) is 0. The topological polar surface area (TPSA) is 46.6 Å². The number of nitrogens with zero attached hydrogens (tertiary/aromatic N) is 2. The van der Waals surface area contributed by atoms with Crippen molar-refractivity contribution >= 4 is 5.69 Å². The van der Waals surface area contributed by atoms with Crippen molar-refractivity contribution in [3.05, 3.63) is 47.8 Å². The summed E-state index contributed by atoms with van der Waals surface area (Å²) >= 11 is 0. The monoisotopic (exact) mass is 325 g/mol. The molecule has 1 saturated heterocycles. The van der Waals surface area contributed by atoms with Crippen LogP contribution in [0.25, 0.3) is 0 Å². The van der Waals surface area contributed by atoms with Crippen molar-refractivity contribution in [3.63, 3.8) is 0 Å². The van der Waals surface area contributed by atoms with Crippen LogP contribution in [0.4, 0.5) is 5.69 Å². The van der Waals surface area contributed by atoms with Crippen LogP contribution in [-0.2, 0) is 13.1 Å². The van der Waals surface area contributed by atoms with E-state index >= 15 is 0 Å². The Morgan fingerprint density at radius 2 is 1.88 bits per heavy atom. The third-order valence-electron chi connectivity index (χ3n) is 4.69. The Hall–Kier alpha value is -2.27. The first-order chi connectivity index (χ1) is 11.9. The molecule has 1 N–H and O–H groups in total. The third-order valence-corrected chi connectivity index (χ3v) is 4.69. The third kappa shape index (κ3) is 3.17. The predicted octanol–water partition coefficient (Wildman–Crippen LogP) is 3.09. The van der Waals surface area contributed by atoms with Crippen LogP contribution in [0.1, 0.15) is 30.4 Å². The van der Waals surface area contributed by atoms with Gasteiger partial charge in [-0.05, 0) is 37.0 Å². The molecule has 5 heteroatoms. The van der Waals surface area contributed by atoms with Gasteiger partial charge in [-0.1, -0.05) is 12.1 Å². The fraction of sp³-hybridized carbons (Fsp3) is 0.421. The molecule has 5 nitrogen and oxygen atoms in total. The summed E-state index contributed by atoms with van der Waals surface area (Å²) in [5.41, 5.74) is 3.71. The van der Waals surface area contributed by atoms with Gasteiger partial charge in [-0.15, -0.1) is 0 Å². The van der Waals surface area contributed by atoms with Crippen molar-refractivity contribution in [1.29, 1.82) is 0 Å². The van der Waals surface area contributed by atoms with Crippen LogP contribution in [0.3, 0.4) is 0 Å². The molecule has 0 spiro atoms. The van der Waals surface area contributed by atoms with Crippen LogP contribution in [0.5, 0.6) is 11.5 Å². The van der Waals surface area contributed by atoms with Crippen molar-refractivity contribution in [2.24, 2.45) is 0 Å². The molecule has 0 amide bonds. The Bertz CT molecular complexity index is 699. The van der Waals surface area contributed by atoms with E-state index < -0.39 is 0 Å². The SMILES string of the molecule is c1cc(CNCc2ccncc2N2CCCCC2)c2c(c1)OCO2. The quantitative estimate of drug-likeness (QED) is 0.915. The maximum absolute atomic E-state index is 5.57. The highest BCUT2D eigenvalue weighted by Gasteiger charge is 2.17. The van der Waals surface area contributed by atoms with Gasteiger partial charge in [0.1, 0.15) is 0 Å². The number of para-hydroxylation sites is 1. The minimum atomic E-state index is 0.315. The highest BCUT2D eigenvalue weighted by atomic mass is 16.7. The number of aromatic nitrogens is 1. The molecule has 0 unspecified atom stereocenters. The normalized spacial score (nSPS) is 16.4. The molecule has 0 atom stereocenters. The highest BCUT2D eigenvalue weighted by Crippen LogP contribution is 2.35. The molecule has 1 fully saturated rings. The summed E-state index contributed by atoms with van der Waals surface area (Å²) < 4.78 is 11.0. The Labute approximate surface area is 142 Å². The first-order valence-electron chi connectivity index (χ1n) is 8.68. The van der Waals surface area contributed by atoms with Crippen LogP contribution in [0.15, 0.2) is 36.7 Å². The molecule has 2 aliphatic rings. The lowest BCUT2D eigenvalue weighted by molar-refractivity contribution is 0.173. The predicted molar refractivity (Wildman–Crippen MR) is 93.4 cm³/mol. The lowest BCUT2D eigenvalue weighted by Crippen LogP contribution is -2.31. The van der Waals surface area contributed by atoms with Gasteiger partial charge in [-0.2, -0.15) is 0 Å². The molecular weight excluding hydrogens is 302 g/mol. The van der Waals surface area contributed by atoms with Gasteiger partial charge in [0.05, 0.1) is 11.9 Å². The average molecular weight is 325 g/mol. The smallest absolute Gasteiger partial charge is 0.231 e. The molecule has 3 heterocycles. The largest absolute Gasteiger partial charge is 0.454 e. The first-order valence-corrected chi connectivity index (χ1v) is 8.68. The molecule has 1 aromatic heterocycles. The summed E-state index contributed by atoms with van der Waals surface area (Å²) in [6.45, 7) is 4.16. The van der Waals surface area contributed by atoms with E-state index in [1.54, 1.807) is 0 Å². The zero-order valence-electron chi connectivity index (χ0n) is 13.8. The van der Waals surface area contributed by atoms with E-state index in [2.05, 4.69) is 27.3 Å². The van der Waals surface area contributed by atoms with Gasteiger partial charge >= 0.3 is 0 Å². The van der Waals surface area contributed by atoms with Crippen molar-refractivity contribution in [3.8, 4) is 11.5 Å². The lowest BCUT2D eigenvalue weighted by Gasteiger charge is -2.30. The molecule has 126 valence electrons. The van der Waals surface area contributed by atoms with Crippen LogP contribution >= 0.6 is 0 Å². The number of rotatable bonds is 5. The van der Waals surface area contributed by atoms with E-state index in [4.69, 9.17) is 9.47 Å². The van der Waals surface area contributed by atoms with Crippen LogP contribution in [0.2, 0.25) is 0 Å². The van der Waals surface area contributed by atoms with E-state index in [1.807, 2.05) is 24.5 Å². The van der Waals surface area contributed by atoms with Crippen LogP contribution in [-0.4, -0.2) is 24.9 Å². The number of hydrogen-bond donors (Lipinski definition) is 1. The summed E-state index contributed by atoms with van der Waals surface area (Å²) in [6.07, 6.45) is 7.76. The Kier molecular flexibility index (Phi) is 4.51. The second-order valence-electron chi connectivity index (χ2n) is 6.31. The number of anilines is 1. The zero-order chi connectivity index (χ0) is 16.2. The van der Waals surface area contributed by atoms with Gasteiger partial charge in [0, 0.05) is 37.9 Å². The number of hydrogen-bond acceptors (Lipinski definition) is 5. The van der Waals surface area contributed by atoms with E-state index in [-0.39, 0.29) is 0 Å². The molecule has 2 aliphatic heterocycles. The second kappa shape index (κ2) is 7.09. The number of fused-ring (bicyclic) bond motifs is 1. The molecule has 2 aromatic rings. The number of ether oxygens (including phenoxy) is 2. The minimum Gasteiger partial charge on any atom is -0.454 e. The molecular formula is C19H23N3O2. The molecule has 0 saturated carbocycles. The fourth-order valence-corrected chi connectivity index (χ4v) is 3.45. The van der Waals surface area contributed by atoms with E-state index in [9.17, 15) is 0 Å². The standard InChI is InChI=1S/C19H23N3O2/c1-2-9-22(10-3-1)17-13-20-8-7-15(17)11-21-12-16-5-4-6-18-19(16)24-14-23-18/h4-8,13,21H,1-3,9-12,14H2. The molecule has 4 rings (SSSR count).